The molecule has 0 spiro atoms. The molecule has 1 aliphatic rings. The highest BCUT2D eigenvalue weighted by Crippen LogP contribution is 3.02. The van der Waals surface area contributed by atoms with Crippen LogP contribution in [0.1, 0.15) is 25.0 Å². The maximum Gasteiger partial charge on any atom is 0.511 e. The van der Waals surface area contributed by atoms with Gasteiger partial charge in [-0.25, -0.2) is 9.59 Å². The monoisotopic (exact) mass is 575 g/mol. The molecule has 3 atom stereocenters. The lowest BCUT2D eigenvalue weighted by molar-refractivity contribution is -0.767. The Hall–Kier alpha value is -3.51. The van der Waals surface area contributed by atoms with E-state index in [-0.39, 0.29) is 18.2 Å². The first-order valence-electron chi connectivity index (χ1n) is 9.67. The minimum atomic E-state index is -10.3. The number of carbonyl (C=O) groups excluding carboxylic acids is 2. The van der Waals surface area contributed by atoms with Crippen LogP contribution >= 0.6 is 10.2 Å². The molecule has 1 heterocycles. The van der Waals surface area contributed by atoms with E-state index in [0.717, 1.165) is 20.8 Å². The number of hydrogen-bond donors (Lipinski definition) is 0. The van der Waals surface area contributed by atoms with E-state index < -0.39 is 86.1 Å². The zero-order valence-corrected chi connectivity index (χ0v) is 19.5. The number of hydrogen-bond acceptors (Lipinski definition) is 9. The van der Waals surface area contributed by atoms with E-state index in [1.807, 2.05) is 0 Å². The van der Waals surface area contributed by atoms with Gasteiger partial charge in [0, 0.05) is 12.5 Å². The highest BCUT2D eigenvalue weighted by Gasteiger charge is 2.65. The van der Waals surface area contributed by atoms with Crippen molar-refractivity contribution < 1.29 is 71.1 Å². The van der Waals surface area contributed by atoms with E-state index >= 15 is 0 Å². The molecule has 1 aliphatic heterocycles. The zero-order chi connectivity index (χ0) is 28.6. The molecule has 1 aromatic carbocycles. The van der Waals surface area contributed by atoms with Crippen LogP contribution in [0.2, 0.25) is 0 Å². The number of ether oxygens (including phenoxy) is 4. The number of halogens is 8. The Morgan fingerprint density at radius 1 is 1.14 bits per heavy atom. The third kappa shape index (κ3) is 7.99. The largest absolute Gasteiger partial charge is 0.511 e. The van der Waals surface area contributed by atoms with E-state index in [1.165, 1.54) is 0 Å². The molecule has 0 bridgehead atoms. The molecule has 0 amide bonds. The lowest BCUT2D eigenvalue weighted by Gasteiger charge is -2.41. The summed E-state index contributed by atoms with van der Waals surface area (Å²) >= 11 is 0. The maximum absolute atomic E-state index is 13.5. The molecular weight excluding hydrogens is 558 g/mol. The van der Waals surface area contributed by atoms with E-state index in [2.05, 4.69) is 23.8 Å². The third-order valence-electron chi connectivity index (χ3n) is 4.32. The minimum Gasteiger partial charge on any atom is -0.475 e. The zero-order valence-electron chi connectivity index (χ0n) is 18.7. The maximum atomic E-state index is 13.5. The second kappa shape index (κ2) is 9.10. The molecule has 37 heavy (non-hydrogen) atoms. The van der Waals surface area contributed by atoms with Crippen molar-refractivity contribution in [2.75, 3.05) is 6.61 Å². The van der Waals surface area contributed by atoms with Crippen molar-refractivity contribution in [1.29, 1.82) is 0 Å². The van der Waals surface area contributed by atoms with E-state index in [1.54, 1.807) is 0 Å². The molecule has 0 fully saturated rings. The number of rotatable bonds is 8. The number of fused-ring (bicyclic) bond motifs is 1. The van der Waals surface area contributed by atoms with Crippen LogP contribution in [0.15, 0.2) is 22.6 Å². The van der Waals surface area contributed by atoms with Gasteiger partial charge in [0.15, 0.2) is 0 Å². The number of carbonyl (C=O) groups is 2. The van der Waals surface area contributed by atoms with Gasteiger partial charge in [-0.2, -0.15) is 13.2 Å². The van der Waals surface area contributed by atoms with Crippen LogP contribution < -0.4 is 4.74 Å². The number of nitrogens with zero attached hydrogens (tertiary/aromatic N) is 1. The Bertz CT molecular complexity index is 1140. The first-order chi connectivity index (χ1) is 16.5. The summed E-state index contributed by atoms with van der Waals surface area (Å²) in [5.41, 5.74) is -3.06. The highest BCUT2D eigenvalue weighted by molar-refractivity contribution is 8.45. The predicted octanol–water partition coefficient (Wildman–Crippen LogP) is 6.00. The Kier molecular flexibility index (Phi) is 7.31. The van der Waals surface area contributed by atoms with Crippen LogP contribution in [-0.4, -0.2) is 48.5 Å². The summed E-state index contributed by atoms with van der Waals surface area (Å²) in [5, 5.41) is 8.98. The van der Waals surface area contributed by atoms with Gasteiger partial charge in [-0.15, -0.1) is 10.1 Å². The van der Waals surface area contributed by atoms with Crippen molar-refractivity contribution in [3.63, 3.8) is 0 Å². The van der Waals surface area contributed by atoms with Gasteiger partial charge in [0.1, 0.15) is 23.4 Å². The fourth-order valence-electron chi connectivity index (χ4n) is 2.87. The van der Waals surface area contributed by atoms with Crippen molar-refractivity contribution in [1.82, 2.24) is 0 Å². The lowest BCUT2D eigenvalue weighted by Crippen LogP contribution is -2.41. The van der Waals surface area contributed by atoms with Crippen LogP contribution in [0.4, 0.5) is 37.4 Å². The minimum absolute atomic E-state index is 0.0793. The molecule has 1 aromatic rings. The molecule has 0 aromatic heterocycles. The van der Waals surface area contributed by atoms with Crippen molar-refractivity contribution in [3.8, 4) is 5.75 Å². The first-order valence-corrected chi connectivity index (χ1v) is 11.6. The summed E-state index contributed by atoms with van der Waals surface area (Å²) in [6.45, 7) is 2.07. The Morgan fingerprint density at radius 2 is 1.73 bits per heavy atom. The number of esters is 1. The molecule has 19 heteroatoms. The third-order valence-corrected chi connectivity index (χ3v) is 5.45. The normalized spacial score (nSPS) is 19.0. The number of benzene rings is 1. The van der Waals surface area contributed by atoms with Gasteiger partial charge in [0.2, 0.25) is 12.4 Å². The van der Waals surface area contributed by atoms with Gasteiger partial charge in [-0.3, -0.25) is 0 Å². The topological polar surface area (TPSA) is 123 Å². The van der Waals surface area contributed by atoms with Gasteiger partial charge in [-0.05, 0) is 37.6 Å². The second-order valence-electron chi connectivity index (χ2n) is 7.56. The lowest BCUT2D eigenvalue weighted by atomic mass is 9.99. The fourth-order valence-corrected chi connectivity index (χ4v) is 3.62. The molecule has 0 saturated heterocycles. The Labute approximate surface area is 201 Å². The smallest absolute Gasteiger partial charge is 0.475 e. The summed E-state index contributed by atoms with van der Waals surface area (Å²) < 4.78 is 125. The molecule has 10 nitrogen and oxygen atoms in total. The SMILES string of the molecule is Cc1cc(S(F)(F)(F)(F)F)cc2c1OC(C(F)(F)F)C(C(=O)OC(C)OC(=O)OC[C@H](C)O[N+](=O)[O-])=C2. The van der Waals surface area contributed by atoms with Gasteiger partial charge in [-0.1, -0.05) is 19.4 Å². The average molecular weight is 575 g/mol. The summed E-state index contributed by atoms with van der Waals surface area (Å²) in [7, 11) is -10.3. The van der Waals surface area contributed by atoms with Crippen molar-refractivity contribution in [2.24, 2.45) is 0 Å². The van der Waals surface area contributed by atoms with Gasteiger partial charge in [0.05, 0.1) is 5.57 Å². The van der Waals surface area contributed by atoms with E-state index in [0.29, 0.717) is 0 Å². The standard InChI is InChI=1S/C18H17F8NO9S/c1-8-4-12(37(22,23,24,25)26)5-11-6-13(15(18(19,20)21)35-14(8)11)16(28)33-10(3)34-17(29)32-7-9(2)36-27(30)31/h4-6,9-10,15H,7H2,1-3H3/t9-,10?,15?/m0/s1. The van der Waals surface area contributed by atoms with Gasteiger partial charge >= 0.3 is 28.5 Å². The number of aryl methyl sites for hydroxylation is 1. The molecule has 0 aliphatic carbocycles. The molecule has 0 saturated carbocycles. The summed E-state index contributed by atoms with van der Waals surface area (Å²) in [6.07, 6.45) is -12.9. The van der Waals surface area contributed by atoms with Crippen LogP contribution in [-0.2, 0) is 23.8 Å². The first kappa shape index (κ1) is 29.7. The highest BCUT2D eigenvalue weighted by atomic mass is 32.5. The van der Waals surface area contributed by atoms with Crippen LogP contribution in [0.5, 0.6) is 5.75 Å². The second-order valence-corrected chi connectivity index (χ2v) is 9.97. The number of alkyl halides is 3. The van der Waals surface area contributed by atoms with Crippen molar-refractivity contribution in [3.05, 3.63) is 38.9 Å². The van der Waals surface area contributed by atoms with Crippen molar-refractivity contribution >= 4 is 28.4 Å². The van der Waals surface area contributed by atoms with E-state index in [9.17, 15) is 52.3 Å². The molecule has 2 unspecified atom stereocenters. The summed E-state index contributed by atoms with van der Waals surface area (Å²) in [6, 6.07) is -0.251. The average Bonchev–Trinajstić information content (AvgIpc) is 2.68. The Balaban J connectivity index is 2.29. The molecule has 2 rings (SSSR count). The van der Waals surface area contributed by atoms with Crippen LogP contribution in [0, 0.1) is 17.0 Å². The van der Waals surface area contributed by atoms with Gasteiger partial charge in [0.25, 0.3) is 5.09 Å². The summed E-state index contributed by atoms with van der Waals surface area (Å²) in [4.78, 5) is 35.7. The molecular formula is C18H17F8NO9S. The van der Waals surface area contributed by atoms with Crippen LogP contribution in [0.3, 0.4) is 0 Å². The van der Waals surface area contributed by atoms with Crippen molar-refractivity contribution in [2.45, 2.75) is 50.3 Å². The molecule has 210 valence electrons. The molecule has 0 N–H and O–H groups in total. The summed E-state index contributed by atoms with van der Waals surface area (Å²) in [5.74, 6) is -2.71. The predicted molar refractivity (Wildman–Crippen MR) is 107 cm³/mol. The Morgan fingerprint density at radius 3 is 2.24 bits per heavy atom. The van der Waals surface area contributed by atoms with Crippen LogP contribution in [0.25, 0.3) is 6.08 Å². The quantitative estimate of drug-likeness (QED) is 0.121. The fraction of sp³-hybridized carbons (Fsp3) is 0.444. The molecule has 0 radical (unpaired) electrons. The van der Waals surface area contributed by atoms with E-state index in [4.69, 9.17) is 0 Å². The van der Waals surface area contributed by atoms with Gasteiger partial charge < -0.3 is 23.8 Å².